The number of aliphatic imine (C=N–C) groups is 1. The topological polar surface area (TPSA) is 15.6 Å². The smallest absolute Gasteiger partial charge is 0.0363 e. The highest BCUT2D eigenvalue weighted by molar-refractivity contribution is 5.60. The summed E-state index contributed by atoms with van der Waals surface area (Å²) in [6.07, 6.45) is 24.4. The lowest BCUT2D eigenvalue weighted by molar-refractivity contribution is 0.154. The van der Waals surface area contributed by atoms with Crippen LogP contribution in [0.25, 0.3) is 0 Å². The SMILES string of the molecule is CC/C=C\C=C/CC(/C1=C/N=CCC=CC1)N1CCC(C)CC1. The fourth-order valence-electron chi connectivity index (χ4n) is 3.24. The van der Waals surface area contributed by atoms with Crippen molar-refractivity contribution in [3.63, 3.8) is 0 Å². The lowest BCUT2D eigenvalue weighted by atomic mass is 9.93. The quantitative estimate of drug-likeness (QED) is 0.480. The first-order chi connectivity index (χ1) is 11.3. The van der Waals surface area contributed by atoms with Crippen molar-refractivity contribution in [2.75, 3.05) is 13.1 Å². The van der Waals surface area contributed by atoms with Crippen LogP contribution in [0.4, 0.5) is 0 Å². The van der Waals surface area contributed by atoms with Gasteiger partial charge in [-0.25, -0.2) is 0 Å². The molecule has 0 aromatic heterocycles. The third kappa shape index (κ3) is 6.31. The second-order valence-electron chi connectivity index (χ2n) is 6.68. The van der Waals surface area contributed by atoms with Crippen molar-refractivity contribution in [3.05, 3.63) is 48.2 Å². The molecular weight excluding hydrogens is 280 g/mol. The Morgan fingerprint density at radius 1 is 1.22 bits per heavy atom. The van der Waals surface area contributed by atoms with Crippen LogP contribution in [0, 0.1) is 5.92 Å². The van der Waals surface area contributed by atoms with Crippen LogP contribution in [-0.2, 0) is 0 Å². The number of nitrogens with zero attached hydrogens (tertiary/aromatic N) is 2. The van der Waals surface area contributed by atoms with Gasteiger partial charge in [-0.15, -0.1) is 0 Å². The van der Waals surface area contributed by atoms with Gasteiger partial charge in [-0.1, -0.05) is 50.3 Å². The molecule has 2 heteroatoms. The molecule has 2 nitrogen and oxygen atoms in total. The van der Waals surface area contributed by atoms with Gasteiger partial charge in [0, 0.05) is 24.9 Å². The minimum atomic E-state index is 0.494. The lowest BCUT2D eigenvalue weighted by Crippen LogP contribution is -2.41. The second kappa shape index (κ2) is 10.4. The molecule has 1 unspecified atom stereocenters. The van der Waals surface area contributed by atoms with E-state index in [1.54, 1.807) is 0 Å². The van der Waals surface area contributed by atoms with Gasteiger partial charge in [-0.05, 0) is 56.7 Å². The van der Waals surface area contributed by atoms with E-state index < -0.39 is 0 Å². The monoisotopic (exact) mass is 312 g/mol. The summed E-state index contributed by atoms with van der Waals surface area (Å²) in [6.45, 7) is 6.99. The Bertz CT molecular complexity index is 474. The van der Waals surface area contributed by atoms with Crippen molar-refractivity contribution >= 4 is 6.21 Å². The Kier molecular flexibility index (Phi) is 8.10. The van der Waals surface area contributed by atoms with Crippen molar-refractivity contribution in [1.29, 1.82) is 0 Å². The summed E-state index contributed by atoms with van der Waals surface area (Å²) < 4.78 is 0. The van der Waals surface area contributed by atoms with Crippen molar-refractivity contribution in [2.24, 2.45) is 10.9 Å². The molecule has 2 rings (SSSR count). The Morgan fingerprint density at radius 3 is 2.78 bits per heavy atom. The van der Waals surface area contributed by atoms with Crippen LogP contribution < -0.4 is 0 Å². The maximum atomic E-state index is 4.50. The number of allylic oxidation sites excluding steroid dienone is 5. The molecule has 0 N–H and O–H groups in total. The third-order valence-corrected chi connectivity index (χ3v) is 4.77. The zero-order chi connectivity index (χ0) is 16.3. The van der Waals surface area contributed by atoms with Gasteiger partial charge < -0.3 is 0 Å². The van der Waals surface area contributed by atoms with Crippen LogP contribution in [-0.4, -0.2) is 30.2 Å². The van der Waals surface area contributed by atoms with Gasteiger partial charge in [0.1, 0.15) is 0 Å². The molecule has 0 bridgehead atoms. The number of rotatable bonds is 6. The minimum Gasteiger partial charge on any atom is -0.296 e. The maximum Gasteiger partial charge on any atom is 0.0363 e. The zero-order valence-corrected chi connectivity index (χ0v) is 14.8. The molecule has 2 heterocycles. The van der Waals surface area contributed by atoms with Crippen molar-refractivity contribution in [1.82, 2.24) is 4.90 Å². The zero-order valence-electron chi connectivity index (χ0n) is 14.8. The first-order valence-electron chi connectivity index (χ1n) is 9.22. The van der Waals surface area contributed by atoms with Gasteiger partial charge in [0.15, 0.2) is 0 Å². The Labute approximate surface area is 142 Å². The first-order valence-corrected chi connectivity index (χ1v) is 9.22. The summed E-state index contributed by atoms with van der Waals surface area (Å²) in [5, 5.41) is 0. The van der Waals surface area contributed by atoms with Crippen LogP contribution in [0.15, 0.2) is 53.2 Å². The number of hydrogen-bond donors (Lipinski definition) is 0. The molecule has 0 saturated carbocycles. The van der Waals surface area contributed by atoms with Crippen molar-refractivity contribution in [3.8, 4) is 0 Å². The average molecular weight is 313 g/mol. The van der Waals surface area contributed by atoms with Gasteiger partial charge in [0.25, 0.3) is 0 Å². The Balaban J connectivity index is 2.08. The lowest BCUT2D eigenvalue weighted by Gasteiger charge is -2.37. The highest BCUT2D eigenvalue weighted by Crippen LogP contribution is 2.25. The summed E-state index contributed by atoms with van der Waals surface area (Å²) in [5.74, 6) is 0.874. The molecule has 1 fully saturated rings. The van der Waals surface area contributed by atoms with Gasteiger partial charge in [0.05, 0.1) is 0 Å². The fourth-order valence-corrected chi connectivity index (χ4v) is 3.24. The number of piperidine rings is 1. The molecule has 2 aliphatic heterocycles. The number of hydrogen-bond acceptors (Lipinski definition) is 2. The van der Waals surface area contributed by atoms with E-state index in [9.17, 15) is 0 Å². The second-order valence-corrected chi connectivity index (χ2v) is 6.68. The molecule has 0 spiro atoms. The van der Waals surface area contributed by atoms with E-state index in [4.69, 9.17) is 0 Å². The molecule has 0 aromatic rings. The van der Waals surface area contributed by atoms with Gasteiger partial charge >= 0.3 is 0 Å². The first kappa shape index (κ1) is 17.9. The number of likely N-dealkylation sites (tertiary alicyclic amines) is 1. The Hall–Kier alpha value is -1.41. The summed E-state index contributed by atoms with van der Waals surface area (Å²) in [7, 11) is 0. The van der Waals surface area contributed by atoms with E-state index in [1.165, 1.54) is 31.5 Å². The molecule has 2 aliphatic rings. The molecular formula is C21H32N2. The maximum absolute atomic E-state index is 4.50. The fraction of sp³-hybridized carbons (Fsp3) is 0.571. The summed E-state index contributed by atoms with van der Waals surface area (Å²) in [6, 6.07) is 0.494. The van der Waals surface area contributed by atoms with Crippen LogP contribution in [0.1, 0.15) is 52.4 Å². The van der Waals surface area contributed by atoms with Crippen molar-refractivity contribution < 1.29 is 0 Å². The van der Waals surface area contributed by atoms with Gasteiger partial charge in [-0.3, -0.25) is 9.89 Å². The molecule has 0 radical (unpaired) electrons. The van der Waals surface area contributed by atoms with Crippen LogP contribution in [0.3, 0.4) is 0 Å². The van der Waals surface area contributed by atoms with Crippen LogP contribution in [0.2, 0.25) is 0 Å². The van der Waals surface area contributed by atoms with E-state index in [-0.39, 0.29) is 0 Å². The molecule has 0 aromatic carbocycles. The molecule has 0 amide bonds. The standard InChI is InChI=1S/C21H32N2/c1-3-4-5-6-9-12-21(23-16-13-19(2)14-17-23)20-11-8-7-10-15-22-18-20/h4-9,15,18-19,21H,3,10-14,16-17H2,1-2H3/b5-4-,8-7?,9-6-,20-18+,22-15?. The van der Waals surface area contributed by atoms with E-state index in [2.05, 4.69) is 66.4 Å². The van der Waals surface area contributed by atoms with E-state index in [0.717, 1.165) is 31.6 Å². The molecule has 126 valence electrons. The van der Waals surface area contributed by atoms with E-state index in [1.807, 2.05) is 6.21 Å². The predicted octanol–water partition coefficient (Wildman–Crippen LogP) is 5.30. The molecule has 1 atom stereocenters. The summed E-state index contributed by atoms with van der Waals surface area (Å²) in [4.78, 5) is 7.17. The van der Waals surface area contributed by atoms with E-state index >= 15 is 0 Å². The minimum absolute atomic E-state index is 0.494. The molecule has 23 heavy (non-hydrogen) atoms. The molecule has 0 aliphatic carbocycles. The van der Waals surface area contributed by atoms with Gasteiger partial charge in [0.2, 0.25) is 0 Å². The largest absolute Gasteiger partial charge is 0.296 e. The van der Waals surface area contributed by atoms with E-state index in [0.29, 0.717) is 6.04 Å². The average Bonchev–Trinajstić information content (AvgIpc) is 2.53. The van der Waals surface area contributed by atoms with Gasteiger partial charge in [-0.2, -0.15) is 0 Å². The predicted molar refractivity (Wildman–Crippen MR) is 102 cm³/mol. The summed E-state index contributed by atoms with van der Waals surface area (Å²) >= 11 is 0. The molecule has 1 saturated heterocycles. The van der Waals surface area contributed by atoms with Crippen molar-refractivity contribution in [2.45, 2.75) is 58.4 Å². The third-order valence-electron chi connectivity index (χ3n) is 4.77. The highest BCUT2D eigenvalue weighted by Gasteiger charge is 2.24. The highest BCUT2D eigenvalue weighted by atomic mass is 15.2. The Morgan fingerprint density at radius 2 is 2.00 bits per heavy atom. The normalized spacial score (nSPS) is 24.7. The van der Waals surface area contributed by atoms with Crippen LogP contribution >= 0.6 is 0 Å². The summed E-state index contributed by atoms with van der Waals surface area (Å²) in [5.41, 5.74) is 1.45. The van der Waals surface area contributed by atoms with Crippen LogP contribution in [0.5, 0.6) is 0 Å².